The third kappa shape index (κ3) is 5.32. The number of nitrogens with two attached hydrogens (primary N) is 1. The number of nitrogens with zero attached hydrogens (tertiary/aromatic N) is 3. The number of amidine groups is 1. The quantitative estimate of drug-likeness (QED) is 0.295. The van der Waals surface area contributed by atoms with E-state index in [-0.39, 0.29) is 11.7 Å². The molecule has 0 unspecified atom stereocenters. The molecule has 0 aliphatic carbocycles. The molecular formula is C17H16N6O2S. The van der Waals surface area contributed by atoms with Crippen molar-refractivity contribution in [2.24, 2.45) is 10.8 Å². The fourth-order valence-corrected chi connectivity index (χ4v) is 2.60. The summed E-state index contributed by atoms with van der Waals surface area (Å²) in [6, 6.07) is 12.2. The van der Waals surface area contributed by atoms with Crippen LogP contribution >= 0.6 is 11.8 Å². The van der Waals surface area contributed by atoms with E-state index in [1.54, 1.807) is 43.5 Å². The van der Waals surface area contributed by atoms with Crippen molar-refractivity contribution in [2.45, 2.75) is 16.8 Å². The lowest BCUT2D eigenvalue weighted by atomic mass is 10.3. The first kappa shape index (κ1) is 19.0. The Morgan fingerprint density at radius 1 is 1.42 bits per heavy atom. The molecule has 0 spiro atoms. The van der Waals surface area contributed by atoms with Gasteiger partial charge in [-0.05, 0) is 43.3 Å². The van der Waals surface area contributed by atoms with E-state index < -0.39 is 5.84 Å². The number of nitriles is 1. The lowest BCUT2D eigenvalue weighted by Gasteiger charge is -2.05. The van der Waals surface area contributed by atoms with Gasteiger partial charge in [0, 0.05) is 11.1 Å². The Bertz CT molecular complexity index is 874. The molecule has 0 atom stereocenters. The minimum absolute atomic E-state index is 0.191. The second kappa shape index (κ2) is 9.19. The standard InChI is InChI=1S/C17H16N6O2S/c1-2-25-17(24)11-7-8-21-15(9-11)26-13-5-3-12(4-6-13)22-23-14(10-18)16(19)20/h3-9,22H,2H2,1H3,(H3,19,20)/b23-14+. The van der Waals surface area contributed by atoms with Crippen molar-refractivity contribution < 1.29 is 9.53 Å². The van der Waals surface area contributed by atoms with E-state index in [1.807, 2.05) is 12.1 Å². The maximum absolute atomic E-state index is 11.8. The second-order valence-corrected chi connectivity index (χ2v) is 5.92. The molecule has 0 radical (unpaired) electrons. The van der Waals surface area contributed by atoms with Crippen LogP contribution in [-0.2, 0) is 4.74 Å². The molecular weight excluding hydrogens is 352 g/mol. The fourth-order valence-electron chi connectivity index (χ4n) is 1.79. The first-order chi connectivity index (χ1) is 12.5. The minimum atomic E-state index is -0.403. The number of hydrogen-bond acceptors (Lipinski definition) is 8. The van der Waals surface area contributed by atoms with Crippen molar-refractivity contribution in [2.75, 3.05) is 12.0 Å². The van der Waals surface area contributed by atoms with Gasteiger partial charge in [-0.15, -0.1) is 0 Å². The zero-order valence-corrected chi connectivity index (χ0v) is 14.7. The lowest BCUT2D eigenvalue weighted by molar-refractivity contribution is 0.0526. The monoisotopic (exact) mass is 368 g/mol. The molecule has 2 rings (SSSR count). The van der Waals surface area contributed by atoms with Gasteiger partial charge in [0.25, 0.3) is 0 Å². The Morgan fingerprint density at radius 2 is 2.15 bits per heavy atom. The van der Waals surface area contributed by atoms with Gasteiger partial charge in [0.15, 0.2) is 5.84 Å². The highest BCUT2D eigenvalue weighted by molar-refractivity contribution is 7.99. The number of anilines is 1. The van der Waals surface area contributed by atoms with Crippen LogP contribution < -0.4 is 11.2 Å². The van der Waals surface area contributed by atoms with Gasteiger partial charge in [-0.25, -0.2) is 9.78 Å². The van der Waals surface area contributed by atoms with Crippen molar-refractivity contribution in [3.63, 3.8) is 0 Å². The van der Waals surface area contributed by atoms with E-state index in [4.69, 9.17) is 21.1 Å². The maximum Gasteiger partial charge on any atom is 0.338 e. The molecule has 0 saturated carbocycles. The van der Waals surface area contributed by atoms with Crippen LogP contribution in [0.25, 0.3) is 0 Å². The molecule has 0 aliphatic rings. The Kier molecular flexibility index (Phi) is 6.70. The summed E-state index contributed by atoms with van der Waals surface area (Å²) in [6.07, 6.45) is 1.56. The topological polar surface area (TPSA) is 137 Å². The fraction of sp³-hybridized carbons (Fsp3) is 0.118. The van der Waals surface area contributed by atoms with Crippen molar-refractivity contribution in [1.82, 2.24) is 4.98 Å². The van der Waals surface area contributed by atoms with Crippen molar-refractivity contribution in [3.8, 4) is 6.07 Å². The number of pyridine rings is 1. The third-order valence-electron chi connectivity index (χ3n) is 2.98. The van der Waals surface area contributed by atoms with E-state index >= 15 is 0 Å². The molecule has 132 valence electrons. The Labute approximate surface area is 154 Å². The summed E-state index contributed by atoms with van der Waals surface area (Å²) in [6.45, 7) is 2.07. The Balaban J connectivity index is 2.06. The first-order valence-corrected chi connectivity index (χ1v) is 8.34. The number of ether oxygens (including phenoxy) is 1. The van der Waals surface area contributed by atoms with Crippen molar-refractivity contribution >= 4 is 35.0 Å². The van der Waals surface area contributed by atoms with E-state index in [9.17, 15) is 4.79 Å². The molecule has 1 aromatic heterocycles. The normalized spacial score (nSPS) is 10.7. The lowest BCUT2D eigenvalue weighted by Crippen LogP contribution is -2.21. The highest BCUT2D eigenvalue weighted by Crippen LogP contribution is 2.27. The third-order valence-corrected chi connectivity index (χ3v) is 3.92. The highest BCUT2D eigenvalue weighted by atomic mass is 32.2. The van der Waals surface area contributed by atoms with Crippen LogP contribution in [-0.4, -0.2) is 29.1 Å². The predicted molar refractivity (Wildman–Crippen MR) is 99.3 cm³/mol. The van der Waals surface area contributed by atoms with E-state index in [1.165, 1.54) is 11.8 Å². The predicted octanol–water partition coefficient (Wildman–Crippen LogP) is 2.64. The zero-order valence-electron chi connectivity index (χ0n) is 13.9. The smallest absolute Gasteiger partial charge is 0.338 e. The van der Waals surface area contributed by atoms with E-state index in [0.717, 1.165) is 4.90 Å². The number of rotatable bonds is 7. The number of hydrazone groups is 1. The SMILES string of the molecule is CCOC(=O)c1ccnc(Sc2ccc(N/N=C(\C#N)C(=N)N)cc2)c1. The number of carbonyl (C=O) groups excluding carboxylic acids is 1. The maximum atomic E-state index is 11.8. The van der Waals surface area contributed by atoms with Crippen molar-refractivity contribution in [3.05, 3.63) is 48.2 Å². The number of benzene rings is 1. The Morgan fingerprint density at radius 3 is 2.77 bits per heavy atom. The summed E-state index contributed by atoms with van der Waals surface area (Å²) in [5.41, 5.74) is 8.78. The summed E-state index contributed by atoms with van der Waals surface area (Å²) < 4.78 is 4.98. The van der Waals surface area contributed by atoms with Gasteiger partial charge in [-0.1, -0.05) is 11.8 Å². The number of aromatic nitrogens is 1. The Hall–Kier alpha value is -3.38. The van der Waals surface area contributed by atoms with Gasteiger partial charge in [0.1, 0.15) is 11.1 Å². The molecule has 0 saturated heterocycles. The van der Waals surface area contributed by atoms with E-state index in [2.05, 4.69) is 15.5 Å². The van der Waals surface area contributed by atoms with Crippen LogP contribution in [0.2, 0.25) is 0 Å². The molecule has 8 nitrogen and oxygen atoms in total. The summed E-state index contributed by atoms with van der Waals surface area (Å²) >= 11 is 1.39. The summed E-state index contributed by atoms with van der Waals surface area (Å²) in [5.74, 6) is -0.785. The second-order valence-electron chi connectivity index (χ2n) is 4.83. The average molecular weight is 368 g/mol. The van der Waals surface area contributed by atoms with Crippen LogP contribution in [0.4, 0.5) is 5.69 Å². The van der Waals surface area contributed by atoms with Crippen LogP contribution in [0, 0.1) is 16.7 Å². The average Bonchev–Trinajstić information content (AvgIpc) is 2.64. The number of esters is 1. The highest BCUT2D eigenvalue weighted by Gasteiger charge is 2.08. The van der Waals surface area contributed by atoms with Crippen LogP contribution in [0.15, 0.2) is 57.6 Å². The van der Waals surface area contributed by atoms with Gasteiger partial charge in [-0.3, -0.25) is 10.8 Å². The van der Waals surface area contributed by atoms with Gasteiger partial charge >= 0.3 is 5.97 Å². The molecule has 0 aliphatic heterocycles. The van der Waals surface area contributed by atoms with Gasteiger partial charge in [-0.2, -0.15) is 10.4 Å². The zero-order chi connectivity index (χ0) is 18.9. The molecule has 4 N–H and O–H groups in total. The summed E-state index contributed by atoms with van der Waals surface area (Å²) in [4.78, 5) is 16.9. The molecule has 1 aromatic carbocycles. The molecule has 2 aromatic rings. The number of carbonyl (C=O) groups is 1. The molecule has 0 bridgehead atoms. The molecule has 0 fully saturated rings. The molecule has 9 heteroatoms. The van der Waals surface area contributed by atoms with Crippen LogP contribution in [0.1, 0.15) is 17.3 Å². The largest absolute Gasteiger partial charge is 0.462 e. The van der Waals surface area contributed by atoms with Gasteiger partial charge in [0.05, 0.1) is 17.9 Å². The number of nitrogens with one attached hydrogen (secondary N) is 2. The van der Waals surface area contributed by atoms with Crippen LogP contribution in [0.5, 0.6) is 0 Å². The van der Waals surface area contributed by atoms with E-state index in [0.29, 0.717) is 22.9 Å². The molecule has 26 heavy (non-hydrogen) atoms. The molecule has 0 amide bonds. The minimum Gasteiger partial charge on any atom is -0.462 e. The summed E-state index contributed by atoms with van der Waals surface area (Å²) in [7, 11) is 0. The molecule has 1 heterocycles. The van der Waals surface area contributed by atoms with Gasteiger partial charge < -0.3 is 10.5 Å². The van der Waals surface area contributed by atoms with Crippen molar-refractivity contribution in [1.29, 1.82) is 10.7 Å². The summed E-state index contributed by atoms with van der Waals surface area (Å²) in [5, 5.41) is 20.4. The number of hydrogen-bond donors (Lipinski definition) is 3. The first-order valence-electron chi connectivity index (χ1n) is 7.52. The van der Waals surface area contributed by atoms with Gasteiger partial charge in [0.2, 0.25) is 5.71 Å². The van der Waals surface area contributed by atoms with Crippen LogP contribution in [0.3, 0.4) is 0 Å².